The summed E-state index contributed by atoms with van der Waals surface area (Å²) in [5.41, 5.74) is 0. The van der Waals surface area contributed by atoms with Crippen molar-refractivity contribution in [3.63, 3.8) is 0 Å². The van der Waals surface area contributed by atoms with Crippen molar-refractivity contribution in [2.45, 2.75) is 77.2 Å². The lowest BCUT2D eigenvalue weighted by Crippen LogP contribution is -2.51. The van der Waals surface area contributed by atoms with Crippen LogP contribution in [0.25, 0.3) is 0 Å². The lowest BCUT2D eigenvalue weighted by molar-refractivity contribution is -0.302. The summed E-state index contributed by atoms with van der Waals surface area (Å²) in [5, 5.41) is 0.207. The van der Waals surface area contributed by atoms with Gasteiger partial charge in [-0.3, -0.25) is 0 Å². The van der Waals surface area contributed by atoms with E-state index >= 15 is 0 Å². The smallest absolute Gasteiger partial charge is 0.220 e. The van der Waals surface area contributed by atoms with E-state index in [1.807, 2.05) is 20.1 Å². The first-order valence-corrected chi connectivity index (χ1v) is 12.6. The highest BCUT2D eigenvalue weighted by Gasteiger charge is 2.40. The second-order valence-corrected chi connectivity index (χ2v) is 14.1. The van der Waals surface area contributed by atoms with Gasteiger partial charge in [0.2, 0.25) is 4.38 Å². The zero-order valence-corrected chi connectivity index (χ0v) is 18.4. The molecule has 1 heterocycles. The van der Waals surface area contributed by atoms with Crippen LogP contribution in [0.15, 0.2) is 0 Å². The van der Waals surface area contributed by atoms with Crippen LogP contribution in [0.3, 0.4) is 0 Å². The molecule has 1 aliphatic heterocycles. The Bertz CT molecular complexity index is 407. The van der Waals surface area contributed by atoms with E-state index in [4.69, 9.17) is 30.9 Å². The Morgan fingerprint density at radius 3 is 2.48 bits per heavy atom. The van der Waals surface area contributed by atoms with Crippen molar-refractivity contribution in [1.82, 2.24) is 0 Å². The lowest BCUT2D eigenvalue weighted by atomic mass is 10.1. The number of hydrogen-bond acceptors (Lipinski definition) is 6. The van der Waals surface area contributed by atoms with Gasteiger partial charge in [-0.15, -0.1) is 0 Å². The molecule has 0 aromatic heterocycles. The van der Waals surface area contributed by atoms with E-state index in [0.29, 0.717) is 17.6 Å². The van der Waals surface area contributed by atoms with Gasteiger partial charge in [0, 0.05) is 6.61 Å². The number of rotatable bonds is 5. The molecule has 1 saturated heterocycles. The van der Waals surface area contributed by atoms with Gasteiger partial charge >= 0.3 is 0 Å². The first-order chi connectivity index (χ1) is 10.4. The highest BCUT2D eigenvalue weighted by molar-refractivity contribution is 8.22. The highest BCUT2D eigenvalue weighted by Crippen LogP contribution is 2.37. The van der Waals surface area contributed by atoms with Gasteiger partial charge < -0.3 is 18.6 Å². The monoisotopic (exact) mass is 380 g/mol. The van der Waals surface area contributed by atoms with Crippen molar-refractivity contribution < 1.29 is 18.6 Å². The van der Waals surface area contributed by atoms with E-state index in [2.05, 4.69) is 33.9 Å². The molecule has 0 N–H and O–H groups in total. The number of ether oxygens (including phenoxy) is 3. The molecule has 23 heavy (non-hydrogen) atoms. The fourth-order valence-electron chi connectivity index (χ4n) is 2.04. The summed E-state index contributed by atoms with van der Waals surface area (Å²) in [6.07, 6.45) is 2.44. The molecule has 0 aromatic rings. The largest absolute Gasteiger partial charge is 0.470 e. The molecule has 0 aromatic carbocycles. The summed E-state index contributed by atoms with van der Waals surface area (Å²) in [5.74, 6) is -0.595. The predicted octanol–water partition coefficient (Wildman–Crippen LogP) is 4.58. The molecule has 0 saturated carbocycles. The van der Waals surface area contributed by atoms with Crippen LogP contribution in [0.2, 0.25) is 18.1 Å². The normalized spacial score (nSPS) is 25.2. The van der Waals surface area contributed by atoms with Crippen LogP contribution in [0.4, 0.5) is 0 Å². The van der Waals surface area contributed by atoms with Crippen LogP contribution >= 0.6 is 24.0 Å². The number of thioether (sulfide) groups is 1. The van der Waals surface area contributed by atoms with Crippen LogP contribution in [0, 0.1) is 0 Å². The van der Waals surface area contributed by atoms with Crippen molar-refractivity contribution in [2.75, 3.05) is 19.5 Å². The standard InChI is InChI=1S/C16H32O4S2Si/c1-15(2,3)23(7,8)18-10-9-12-13(19-14(21)22-6)11-17-16(4,5)20-12/h12-13H,9-11H2,1-8H3/t12-,13-/m0/s1. The quantitative estimate of drug-likeness (QED) is 0.513. The van der Waals surface area contributed by atoms with Gasteiger partial charge in [-0.1, -0.05) is 32.5 Å². The van der Waals surface area contributed by atoms with E-state index in [-0.39, 0.29) is 17.2 Å². The van der Waals surface area contributed by atoms with Gasteiger partial charge in [0.05, 0.1) is 6.61 Å². The van der Waals surface area contributed by atoms with E-state index < -0.39 is 14.1 Å². The molecule has 0 amide bonds. The maximum atomic E-state index is 6.27. The SMILES string of the molecule is CSC(=S)O[C@H]1COC(C)(C)O[C@H]1CCO[Si](C)(C)C(C)(C)C. The molecule has 136 valence electrons. The molecule has 0 unspecified atom stereocenters. The van der Waals surface area contributed by atoms with Gasteiger partial charge in [-0.25, -0.2) is 0 Å². The summed E-state index contributed by atoms with van der Waals surface area (Å²) in [7, 11) is -1.74. The number of thiocarbonyl (C=S) groups is 1. The fourth-order valence-corrected chi connectivity index (χ4v) is 3.44. The first-order valence-electron chi connectivity index (χ1n) is 8.08. The number of hydrogen-bond donors (Lipinski definition) is 0. The topological polar surface area (TPSA) is 36.9 Å². The maximum absolute atomic E-state index is 6.27. The van der Waals surface area contributed by atoms with Gasteiger partial charge in [0.25, 0.3) is 0 Å². The zero-order valence-electron chi connectivity index (χ0n) is 15.7. The maximum Gasteiger partial charge on any atom is 0.220 e. The van der Waals surface area contributed by atoms with Gasteiger partial charge in [0.1, 0.15) is 12.2 Å². The second-order valence-electron chi connectivity index (χ2n) is 7.88. The van der Waals surface area contributed by atoms with Crippen LogP contribution in [0.1, 0.15) is 41.0 Å². The average Bonchev–Trinajstić information content (AvgIpc) is 2.39. The summed E-state index contributed by atoms with van der Waals surface area (Å²) in [6, 6.07) is 0. The third-order valence-electron chi connectivity index (χ3n) is 4.53. The lowest BCUT2D eigenvalue weighted by Gasteiger charge is -2.41. The van der Waals surface area contributed by atoms with Crippen molar-refractivity contribution >= 4 is 36.7 Å². The van der Waals surface area contributed by atoms with Crippen LogP contribution in [-0.4, -0.2) is 50.2 Å². The third kappa shape index (κ3) is 6.63. The van der Waals surface area contributed by atoms with Crippen molar-refractivity contribution in [2.24, 2.45) is 0 Å². The van der Waals surface area contributed by atoms with Gasteiger partial charge in [-0.2, -0.15) is 0 Å². The van der Waals surface area contributed by atoms with Crippen molar-refractivity contribution in [3.8, 4) is 0 Å². The summed E-state index contributed by atoms with van der Waals surface area (Å²) < 4.78 is 24.3. The molecule has 0 spiro atoms. The second kappa shape index (κ2) is 8.14. The minimum Gasteiger partial charge on any atom is -0.470 e. The van der Waals surface area contributed by atoms with Crippen LogP contribution in [0.5, 0.6) is 0 Å². The first kappa shape index (κ1) is 21.4. The van der Waals surface area contributed by atoms with E-state index in [9.17, 15) is 0 Å². The minimum absolute atomic E-state index is 0.0754. The van der Waals surface area contributed by atoms with E-state index in [1.165, 1.54) is 11.8 Å². The van der Waals surface area contributed by atoms with Gasteiger partial charge in [0.15, 0.2) is 14.1 Å². The Balaban J connectivity index is 2.63. The molecule has 1 aliphatic rings. The molecule has 0 bridgehead atoms. The minimum atomic E-state index is -1.74. The summed E-state index contributed by atoms with van der Waals surface area (Å²) in [4.78, 5) is 0. The summed E-state index contributed by atoms with van der Waals surface area (Å²) >= 11 is 6.60. The molecule has 4 nitrogen and oxygen atoms in total. The fraction of sp³-hybridized carbons (Fsp3) is 0.938. The molecular formula is C16H32O4S2Si. The van der Waals surface area contributed by atoms with Crippen LogP contribution in [-0.2, 0) is 18.6 Å². The summed E-state index contributed by atoms with van der Waals surface area (Å²) in [6.45, 7) is 16.3. The molecule has 2 atom stereocenters. The zero-order chi connectivity index (χ0) is 17.9. The molecular weight excluding hydrogens is 348 g/mol. The third-order valence-corrected chi connectivity index (χ3v) is 10.1. The van der Waals surface area contributed by atoms with Crippen molar-refractivity contribution in [3.05, 3.63) is 0 Å². The molecule has 1 rings (SSSR count). The molecule has 7 heteroatoms. The highest BCUT2D eigenvalue weighted by atomic mass is 32.2. The van der Waals surface area contributed by atoms with E-state index in [1.54, 1.807) is 0 Å². The van der Waals surface area contributed by atoms with E-state index in [0.717, 1.165) is 6.42 Å². The molecule has 0 aliphatic carbocycles. The Morgan fingerprint density at radius 2 is 1.96 bits per heavy atom. The van der Waals surface area contributed by atoms with Crippen molar-refractivity contribution in [1.29, 1.82) is 0 Å². The predicted molar refractivity (Wildman–Crippen MR) is 104 cm³/mol. The Kier molecular flexibility index (Phi) is 7.57. The average molecular weight is 381 g/mol. The Hall–Kier alpha value is 0.337. The Morgan fingerprint density at radius 1 is 1.35 bits per heavy atom. The molecule has 0 radical (unpaired) electrons. The Labute approximate surface area is 152 Å². The molecule has 1 fully saturated rings. The van der Waals surface area contributed by atoms with Crippen LogP contribution < -0.4 is 0 Å². The van der Waals surface area contributed by atoms with Gasteiger partial charge in [-0.05, 0) is 56.9 Å².